The van der Waals surface area contributed by atoms with E-state index in [1.807, 2.05) is 4.90 Å². The summed E-state index contributed by atoms with van der Waals surface area (Å²) in [5, 5.41) is 8.88. The van der Waals surface area contributed by atoms with Crippen molar-refractivity contribution in [3.63, 3.8) is 0 Å². The first-order chi connectivity index (χ1) is 9.37. The predicted molar refractivity (Wildman–Crippen MR) is 71.9 cm³/mol. The fraction of sp³-hybridized carbons (Fsp3) is 0.462. The van der Waals surface area contributed by atoms with Crippen LogP contribution in [-0.4, -0.2) is 49.0 Å². The molecule has 1 aromatic carbocycles. The fourth-order valence-corrected chi connectivity index (χ4v) is 3.55. The molecule has 0 radical (unpaired) electrons. The molecule has 1 aromatic rings. The van der Waals surface area contributed by atoms with Crippen LogP contribution in [0.25, 0.3) is 0 Å². The van der Waals surface area contributed by atoms with Gasteiger partial charge in [-0.3, -0.25) is 4.90 Å². The van der Waals surface area contributed by atoms with Gasteiger partial charge in [-0.15, -0.1) is 0 Å². The number of rotatable bonds is 3. The molecule has 0 atom stereocenters. The molecule has 2 rings (SSSR count). The van der Waals surface area contributed by atoms with Crippen molar-refractivity contribution in [1.29, 1.82) is 0 Å². The Morgan fingerprint density at radius 1 is 1.30 bits per heavy atom. The molecule has 0 unspecified atom stereocenters. The average molecular weight is 301 g/mol. The maximum Gasteiger partial charge on any atom is 0.338 e. The maximum absolute atomic E-state index is 13.3. The molecule has 110 valence electrons. The van der Waals surface area contributed by atoms with Crippen LogP contribution < -0.4 is 0 Å². The Kier molecular flexibility index (Phi) is 4.39. The van der Waals surface area contributed by atoms with Gasteiger partial charge in [0.25, 0.3) is 0 Å². The van der Waals surface area contributed by atoms with E-state index in [2.05, 4.69) is 0 Å². The van der Waals surface area contributed by atoms with Gasteiger partial charge >= 0.3 is 5.97 Å². The number of benzene rings is 1. The van der Waals surface area contributed by atoms with Crippen LogP contribution in [-0.2, 0) is 16.4 Å². The van der Waals surface area contributed by atoms with Crippen molar-refractivity contribution in [2.24, 2.45) is 0 Å². The normalized spacial score (nSPS) is 19.4. The lowest BCUT2D eigenvalue weighted by Gasteiger charge is -2.19. The predicted octanol–water partition coefficient (Wildman–Crippen LogP) is 1.14. The van der Waals surface area contributed by atoms with Gasteiger partial charge in [0.2, 0.25) is 0 Å². The molecular weight excluding hydrogens is 285 g/mol. The van der Waals surface area contributed by atoms with Crippen molar-refractivity contribution >= 4 is 15.8 Å². The average Bonchev–Trinajstić information content (AvgIpc) is 2.53. The highest BCUT2D eigenvalue weighted by molar-refractivity contribution is 7.91. The Bertz CT molecular complexity index is 615. The molecule has 1 heterocycles. The van der Waals surface area contributed by atoms with Gasteiger partial charge in [-0.2, -0.15) is 0 Å². The van der Waals surface area contributed by atoms with E-state index < -0.39 is 21.6 Å². The SMILES string of the molecule is O=C(O)c1cc(CN2CCCS(=O)(=O)CC2)ccc1F. The zero-order chi connectivity index (χ0) is 14.8. The highest BCUT2D eigenvalue weighted by atomic mass is 32.2. The number of sulfone groups is 1. The Balaban J connectivity index is 2.10. The molecule has 1 saturated heterocycles. The number of hydrogen-bond donors (Lipinski definition) is 1. The molecule has 1 fully saturated rings. The van der Waals surface area contributed by atoms with E-state index in [0.717, 1.165) is 6.07 Å². The number of nitrogens with zero attached hydrogens (tertiary/aromatic N) is 1. The second-order valence-corrected chi connectivity index (χ2v) is 7.20. The van der Waals surface area contributed by atoms with Crippen molar-refractivity contribution in [3.05, 3.63) is 35.1 Å². The standard InChI is InChI=1S/C13H16FNO4S/c14-12-3-2-10(8-11(12)13(16)17)9-15-4-1-6-20(18,19)7-5-15/h2-3,8H,1,4-7,9H2,(H,16,17). The van der Waals surface area contributed by atoms with Crippen molar-refractivity contribution in [2.75, 3.05) is 24.6 Å². The Morgan fingerprint density at radius 2 is 2.05 bits per heavy atom. The first kappa shape index (κ1) is 14.9. The molecule has 0 spiro atoms. The van der Waals surface area contributed by atoms with Crippen LogP contribution in [0.3, 0.4) is 0 Å². The Labute approximate surface area is 116 Å². The topological polar surface area (TPSA) is 74.7 Å². The summed E-state index contributed by atoms with van der Waals surface area (Å²) in [6, 6.07) is 3.96. The number of carboxylic acids is 1. The van der Waals surface area contributed by atoms with Crippen LogP contribution >= 0.6 is 0 Å². The molecule has 1 aliphatic rings. The summed E-state index contributed by atoms with van der Waals surface area (Å²) in [4.78, 5) is 12.8. The lowest BCUT2D eigenvalue weighted by Crippen LogP contribution is -2.26. The molecule has 0 bridgehead atoms. The zero-order valence-corrected chi connectivity index (χ0v) is 11.7. The van der Waals surface area contributed by atoms with Crippen LogP contribution in [0.4, 0.5) is 4.39 Å². The van der Waals surface area contributed by atoms with E-state index in [9.17, 15) is 17.6 Å². The van der Waals surface area contributed by atoms with Crippen LogP contribution in [0.15, 0.2) is 18.2 Å². The third-order valence-corrected chi connectivity index (χ3v) is 5.03. The van der Waals surface area contributed by atoms with Gasteiger partial charge in [-0.1, -0.05) is 6.07 Å². The Hall–Kier alpha value is -1.47. The van der Waals surface area contributed by atoms with E-state index in [0.29, 0.717) is 31.6 Å². The van der Waals surface area contributed by atoms with Gasteiger partial charge in [0.1, 0.15) is 5.82 Å². The van der Waals surface area contributed by atoms with Gasteiger partial charge in [0, 0.05) is 13.1 Å². The first-order valence-electron chi connectivity index (χ1n) is 6.32. The summed E-state index contributed by atoms with van der Waals surface area (Å²) in [6.45, 7) is 1.48. The smallest absolute Gasteiger partial charge is 0.338 e. The number of halogens is 1. The zero-order valence-electron chi connectivity index (χ0n) is 10.9. The van der Waals surface area contributed by atoms with Gasteiger partial charge in [0.15, 0.2) is 9.84 Å². The van der Waals surface area contributed by atoms with Gasteiger partial charge < -0.3 is 5.11 Å². The number of aromatic carboxylic acids is 1. The Morgan fingerprint density at radius 3 is 2.75 bits per heavy atom. The monoisotopic (exact) mass is 301 g/mol. The minimum Gasteiger partial charge on any atom is -0.478 e. The molecule has 0 amide bonds. The molecule has 0 aliphatic carbocycles. The van der Waals surface area contributed by atoms with E-state index >= 15 is 0 Å². The molecule has 0 aromatic heterocycles. The van der Waals surface area contributed by atoms with Gasteiger partial charge in [0.05, 0.1) is 17.1 Å². The quantitative estimate of drug-likeness (QED) is 0.906. The van der Waals surface area contributed by atoms with Crippen molar-refractivity contribution in [3.8, 4) is 0 Å². The summed E-state index contributed by atoms with van der Waals surface area (Å²) in [6.07, 6.45) is 0.565. The molecule has 5 nitrogen and oxygen atoms in total. The summed E-state index contributed by atoms with van der Waals surface area (Å²) in [5.74, 6) is -1.77. The second kappa shape index (κ2) is 5.88. The van der Waals surface area contributed by atoms with Gasteiger partial charge in [-0.05, 0) is 30.7 Å². The highest BCUT2D eigenvalue weighted by Crippen LogP contribution is 2.14. The van der Waals surface area contributed by atoms with E-state index in [4.69, 9.17) is 5.11 Å². The van der Waals surface area contributed by atoms with Crippen molar-refractivity contribution in [1.82, 2.24) is 4.90 Å². The van der Waals surface area contributed by atoms with Gasteiger partial charge in [-0.25, -0.2) is 17.6 Å². The lowest BCUT2D eigenvalue weighted by molar-refractivity contribution is 0.0691. The molecule has 1 N–H and O–H groups in total. The molecular formula is C13H16FNO4S. The second-order valence-electron chi connectivity index (χ2n) is 4.90. The van der Waals surface area contributed by atoms with Crippen molar-refractivity contribution < 1.29 is 22.7 Å². The minimum absolute atomic E-state index is 0.111. The molecule has 1 aliphatic heterocycles. The largest absolute Gasteiger partial charge is 0.478 e. The third kappa shape index (κ3) is 3.77. The van der Waals surface area contributed by atoms with Crippen LogP contribution in [0.5, 0.6) is 0 Å². The number of hydrogen-bond acceptors (Lipinski definition) is 4. The molecule has 7 heteroatoms. The maximum atomic E-state index is 13.3. The molecule has 20 heavy (non-hydrogen) atoms. The van der Waals surface area contributed by atoms with Crippen LogP contribution in [0, 0.1) is 5.82 Å². The highest BCUT2D eigenvalue weighted by Gasteiger charge is 2.19. The van der Waals surface area contributed by atoms with Crippen LogP contribution in [0.1, 0.15) is 22.3 Å². The summed E-state index contributed by atoms with van der Waals surface area (Å²) >= 11 is 0. The number of carbonyl (C=O) groups is 1. The first-order valence-corrected chi connectivity index (χ1v) is 8.14. The summed E-state index contributed by atoms with van der Waals surface area (Å²) in [5.41, 5.74) is 0.313. The van der Waals surface area contributed by atoms with E-state index in [-0.39, 0.29) is 17.1 Å². The van der Waals surface area contributed by atoms with Crippen molar-refractivity contribution in [2.45, 2.75) is 13.0 Å². The van der Waals surface area contributed by atoms with Crippen LogP contribution in [0.2, 0.25) is 0 Å². The molecule has 0 saturated carbocycles. The van der Waals surface area contributed by atoms with E-state index in [1.165, 1.54) is 12.1 Å². The number of carboxylic acid groups (broad SMARTS) is 1. The fourth-order valence-electron chi connectivity index (χ4n) is 2.24. The van der Waals surface area contributed by atoms with E-state index in [1.54, 1.807) is 0 Å². The third-order valence-electron chi connectivity index (χ3n) is 3.32. The summed E-state index contributed by atoms with van der Waals surface area (Å²) < 4.78 is 36.3. The minimum atomic E-state index is -2.97. The lowest BCUT2D eigenvalue weighted by atomic mass is 10.1. The summed E-state index contributed by atoms with van der Waals surface area (Å²) in [7, 11) is -2.97.